The lowest BCUT2D eigenvalue weighted by molar-refractivity contribution is 0.449. The van der Waals surface area contributed by atoms with Gasteiger partial charge in [-0.2, -0.15) is 0 Å². The van der Waals surface area contributed by atoms with E-state index in [1.807, 2.05) is 18.2 Å². The second-order valence-corrected chi connectivity index (χ2v) is 3.03. The monoisotopic (exact) mass is 164 g/mol. The second-order valence-electron chi connectivity index (χ2n) is 2.37. The Kier molecular flexibility index (Phi) is 1.97. The first-order valence-corrected chi connectivity index (χ1v) is 4.30. The topological polar surface area (TPSA) is 9.23 Å². The van der Waals surface area contributed by atoms with Crippen LogP contribution in [-0.4, -0.2) is 6.61 Å². The SMILES string of the molecule is C1=C(c2ccccc2)COS1. The van der Waals surface area contributed by atoms with Gasteiger partial charge in [-0.15, -0.1) is 0 Å². The van der Waals surface area contributed by atoms with Crippen molar-refractivity contribution in [1.29, 1.82) is 0 Å². The number of hydrogen-bond acceptors (Lipinski definition) is 2. The van der Waals surface area contributed by atoms with E-state index < -0.39 is 0 Å². The summed E-state index contributed by atoms with van der Waals surface area (Å²) in [4.78, 5) is 0. The van der Waals surface area contributed by atoms with Crippen molar-refractivity contribution < 1.29 is 4.18 Å². The lowest BCUT2D eigenvalue weighted by Crippen LogP contribution is -1.85. The molecule has 2 rings (SSSR count). The summed E-state index contributed by atoms with van der Waals surface area (Å²) in [6.45, 7) is 0.731. The van der Waals surface area contributed by atoms with Crippen LogP contribution < -0.4 is 0 Å². The van der Waals surface area contributed by atoms with Gasteiger partial charge >= 0.3 is 0 Å². The van der Waals surface area contributed by atoms with E-state index in [4.69, 9.17) is 4.18 Å². The Morgan fingerprint density at radius 1 is 1.18 bits per heavy atom. The highest BCUT2D eigenvalue weighted by Crippen LogP contribution is 2.26. The molecular formula is C9H8OS. The minimum absolute atomic E-state index is 0.731. The van der Waals surface area contributed by atoms with E-state index >= 15 is 0 Å². The zero-order chi connectivity index (χ0) is 7.52. The first-order valence-electron chi connectivity index (χ1n) is 3.49. The van der Waals surface area contributed by atoms with Gasteiger partial charge in [0.15, 0.2) is 0 Å². The molecule has 0 aromatic heterocycles. The molecule has 0 saturated carbocycles. The molecule has 1 aliphatic heterocycles. The van der Waals surface area contributed by atoms with E-state index in [0.29, 0.717) is 0 Å². The van der Waals surface area contributed by atoms with Crippen LogP contribution in [0, 0.1) is 0 Å². The Balaban J connectivity index is 2.29. The van der Waals surface area contributed by atoms with E-state index in [0.717, 1.165) is 6.61 Å². The molecule has 0 bridgehead atoms. The van der Waals surface area contributed by atoms with Gasteiger partial charge in [-0.05, 0) is 11.1 Å². The summed E-state index contributed by atoms with van der Waals surface area (Å²) in [7, 11) is 0. The van der Waals surface area contributed by atoms with Crippen LogP contribution in [0.25, 0.3) is 5.57 Å². The third-order valence-electron chi connectivity index (χ3n) is 1.62. The molecule has 2 heteroatoms. The molecule has 0 spiro atoms. The van der Waals surface area contributed by atoms with E-state index in [1.165, 1.54) is 23.2 Å². The van der Waals surface area contributed by atoms with Crippen molar-refractivity contribution in [2.75, 3.05) is 6.61 Å². The maximum absolute atomic E-state index is 5.14. The van der Waals surface area contributed by atoms with Crippen LogP contribution in [-0.2, 0) is 4.18 Å². The van der Waals surface area contributed by atoms with Gasteiger partial charge in [0.25, 0.3) is 0 Å². The van der Waals surface area contributed by atoms with Gasteiger partial charge in [0.1, 0.15) is 0 Å². The largest absolute Gasteiger partial charge is 0.306 e. The maximum Gasteiger partial charge on any atom is 0.0880 e. The summed E-state index contributed by atoms with van der Waals surface area (Å²) < 4.78 is 5.14. The van der Waals surface area contributed by atoms with Crippen LogP contribution in [0.1, 0.15) is 5.56 Å². The average Bonchev–Trinajstić information content (AvgIpc) is 2.58. The summed E-state index contributed by atoms with van der Waals surface area (Å²) in [6.07, 6.45) is 0. The fourth-order valence-corrected chi connectivity index (χ4v) is 1.61. The Hall–Kier alpha value is -0.730. The van der Waals surface area contributed by atoms with Crippen LogP contribution >= 0.6 is 12.0 Å². The van der Waals surface area contributed by atoms with Gasteiger partial charge in [0.05, 0.1) is 6.61 Å². The highest BCUT2D eigenvalue weighted by atomic mass is 32.2. The summed E-state index contributed by atoms with van der Waals surface area (Å²) in [5.74, 6) is 0. The molecule has 56 valence electrons. The van der Waals surface area contributed by atoms with E-state index in [9.17, 15) is 0 Å². The Morgan fingerprint density at radius 3 is 2.64 bits per heavy atom. The zero-order valence-corrected chi connectivity index (χ0v) is 6.80. The summed E-state index contributed by atoms with van der Waals surface area (Å²) in [6, 6.07) is 10.3. The van der Waals surface area contributed by atoms with Gasteiger partial charge in [-0.25, -0.2) is 0 Å². The first-order chi connectivity index (χ1) is 5.47. The van der Waals surface area contributed by atoms with Crippen molar-refractivity contribution >= 4 is 17.6 Å². The Labute approximate surface area is 70.3 Å². The molecule has 0 atom stereocenters. The molecule has 1 heterocycles. The molecule has 0 amide bonds. The van der Waals surface area contributed by atoms with Gasteiger partial charge < -0.3 is 4.18 Å². The van der Waals surface area contributed by atoms with Crippen LogP contribution in [0.2, 0.25) is 0 Å². The van der Waals surface area contributed by atoms with Gasteiger partial charge in [0.2, 0.25) is 0 Å². The summed E-state index contributed by atoms with van der Waals surface area (Å²) in [5, 5.41) is 2.05. The molecule has 1 aromatic carbocycles. The third-order valence-corrected chi connectivity index (χ3v) is 2.25. The number of benzene rings is 1. The molecule has 0 saturated heterocycles. The maximum atomic E-state index is 5.14. The Morgan fingerprint density at radius 2 is 2.00 bits per heavy atom. The quantitative estimate of drug-likeness (QED) is 0.590. The highest BCUT2D eigenvalue weighted by molar-refractivity contribution is 7.98. The zero-order valence-electron chi connectivity index (χ0n) is 5.99. The smallest absolute Gasteiger partial charge is 0.0880 e. The molecule has 1 aromatic rings. The van der Waals surface area contributed by atoms with Gasteiger partial charge in [-0.3, -0.25) is 0 Å². The van der Waals surface area contributed by atoms with Gasteiger partial charge in [-0.1, -0.05) is 30.3 Å². The molecular weight excluding hydrogens is 156 g/mol. The number of rotatable bonds is 1. The molecule has 0 aliphatic carbocycles. The number of hydrogen-bond donors (Lipinski definition) is 0. The molecule has 1 nitrogen and oxygen atoms in total. The van der Waals surface area contributed by atoms with Crippen molar-refractivity contribution in [3.63, 3.8) is 0 Å². The fourth-order valence-electron chi connectivity index (χ4n) is 1.03. The second kappa shape index (κ2) is 3.11. The lowest BCUT2D eigenvalue weighted by atomic mass is 10.1. The van der Waals surface area contributed by atoms with E-state index in [-0.39, 0.29) is 0 Å². The molecule has 0 radical (unpaired) electrons. The van der Waals surface area contributed by atoms with Crippen LogP contribution in [0.5, 0.6) is 0 Å². The minimum atomic E-state index is 0.731. The highest BCUT2D eigenvalue weighted by Gasteiger charge is 2.06. The third kappa shape index (κ3) is 1.47. The average molecular weight is 164 g/mol. The molecule has 1 aliphatic rings. The fraction of sp³-hybridized carbons (Fsp3) is 0.111. The van der Waals surface area contributed by atoms with Crippen molar-refractivity contribution in [2.24, 2.45) is 0 Å². The molecule has 0 unspecified atom stereocenters. The normalized spacial score (nSPS) is 16.5. The standard InChI is InChI=1S/C9H8OS/c1-2-4-8(5-3-1)9-6-10-11-7-9/h1-5,7H,6H2. The molecule has 0 N–H and O–H groups in total. The van der Waals surface area contributed by atoms with Crippen molar-refractivity contribution in [1.82, 2.24) is 0 Å². The molecule has 11 heavy (non-hydrogen) atoms. The minimum Gasteiger partial charge on any atom is -0.306 e. The lowest BCUT2D eigenvalue weighted by Gasteiger charge is -1.97. The van der Waals surface area contributed by atoms with Crippen molar-refractivity contribution in [3.05, 3.63) is 41.3 Å². The van der Waals surface area contributed by atoms with E-state index in [2.05, 4.69) is 17.5 Å². The van der Waals surface area contributed by atoms with E-state index in [1.54, 1.807) is 0 Å². The Bertz CT molecular complexity index is 266. The van der Waals surface area contributed by atoms with Gasteiger partial charge in [0, 0.05) is 17.5 Å². The predicted molar refractivity (Wildman–Crippen MR) is 48.0 cm³/mol. The van der Waals surface area contributed by atoms with Crippen LogP contribution in [0.15, 0.2) is 35.7 Å². The predicted octanol–water partition coefficient (Wildman–Crippen LogP) is 2.71. The van der Waals surface area contributed by atoms with Crippen LogP contribution in [0.4, 0.5) is 0 Å². The first kappa shape index (κ1) is 6.95. The summed E-state index contributed by atoms with van der Waals surface area (Å²) >= 11 is 1.41. The van der Waals surface area contributed by atoms with Crippen molar-refractivity contribution in [2.45, 2.75) is 0 Å². The molecule has 0 fully saturated rings. The van der Waals surface area contributed by atoms with Crippen LogP contribution in [0.3, 0.4) is 0 Å². The van der Waals surface area contributed by atoms with Crippen molar-refractivity contribution in [3.8, 4) is 0 Å². The summed E-state index contributed by atoms with van der Waals surface area (Å²) in [5.41, 5.74) is 2.54.